The molecule has 140 valence electrons. The maximum absolute atomic E-state index is 5.91. The minimum atomic E-state index is 0.0844. The first-order valence-electron chi connectivity index (χ1n) is 8.94. The molecule has 0 aliphatic carbocycles. The van der Waals surface area contributed by atoms with E-state index in [1.807, 2.05) is 30.3 Å². The van der Waals surface area contributed by atoms with Crippen LogP contribution in [0.1, 0.15) is 18.8 Å². The van der Waals surface area contributed by atoms with Crippen LogP contribution < -0.4 is 11.1 Å². The van der Waals surface area contributed by atoms with Crippen LogP contribution in [-0.2, 0) is 4.74 Å². The number of methoxy groups -OCH3 is 1. The molecule has 1 saturated heterocycles. The second-order valence-electron chi connectivity index (χ2n) is 6.41. The number of hydrogen-bond acceptors (Lipinski definition) is 8. The van der Waals surface area contributed by atoms with E-state index in [0.717, 1.165) is 45.0 Å². The van der Waals surface area contributed by atoms with Crippen LogP contribution in [0.15, 0.2) is 30.3 Å². The average molecular weight is 357 g/mol. The van der Waals surface area contributed by atoms with Crippen LogP contribution in [0.3, 0.4) is 0 Å². The maximum Gasteiger partial charge on any atom is 0.232 e. The summed E-state index contributed by atoms with van der Waals surface area (Å²) < 4.78 is 5.16. The molecule has 3 rings (SSSR count). The van der Waals surface area contributed by atoms with Crippen LogP contribution in [0.5, 0.6) is 0 Å². The van der Waals surface area contributed by atoms with E-state index in [1.165, 1.54) is 0 Å². The molecule has 1 atom stereocenters. The minimum absolute atomic E-state index is 0.0844. The van der Waals surface area contributed by atoms with Crippen molar-refractivity contribution in [2.75, 3.05) is 57.5 Å². The molecule has 0 radical (unpaired) electrons. The summed E-state index contributed by atoms with van der Waals surface area (Å²) in [5.74, 6) is 1.41. The van der Waals surface area contributed by atoms with E-state index in [9.17, 15) is 0 Å². The molecule has 0 spiro atoms. The quantitative estimate of drug-likeness (QED) is 0.771. The normalized spacial score (nSPS) is 17.2. The average Bonchev–Trinajstić information content (AvgIpc) is 2.66. The summed E-state index contributed by atoms with van der Waals surface area (Å²) in [6, 6.07) is 9.89. The molecule has 8 heteroatoms. The Bertz CT molecular complexity index is 689. The number of nitrogens with one attached hydrogen (secondary N) is 1. The van der Waals surface area contributed by atoms with Crippen molar-refractivity contribution >= 4 is 17.6 Å². The first-order chi connectivity index (χ1) is 12.7. The molecule has 1 aromatic heterocycles. The van der Waals surface area contributed by atoms with Crippen molar-refractivity contribution in [3.63, 3.8) is 0 Å². The number of piperazine rings is 1. The van der Waals surface area contributed by atoms with Crippen LogP contribution in [0.2, 0.25) is 0 Å². The first-order valence-corrected chi connectivity index (χ1v) is 8.94. The Morgan fingerprint density at radius 2 is 1.85 bits per heavy atom. The fourth-order valence-corrected chi connectivity index (χ4v) is 3.06. The van der Waals surface area contributed by atoms with E-state index in [0.29, 0.717) is 11.8 Å². The van der Waals surface area contributed by atoms with Crippen molar-refractivity contribution in [3.8, 4) is 0 Å². The van der Waals surface area contributed by atoms with Gasteiger partial charge in [0, 0.05) is 45.5 Å². The Labute approximate surface area is 154 Å². The zero-order valence-electron chi connectivity index (χ0n) is 15.4. The van der Waals surface area contributed by atoms with Crippen molar-refractivity contribution < 1.29 is 4.74 Å². The Morgan fingerprint density at radius 3 is 2.54 bits per heavy atom. The molecule has 1 aliphatic rings. The minimum Gasteiger partial charge on any atom is -0.383 e. The van der Waals surface area contributed by atoms with Gasteiger partial charge in [0.1, 0.15) is 0 Å². The van der Waals surface area contributed by atoms with Crippen molar-refractivity contribution in [3.05, 3.63) is 36.2 Å². The van der Waals surface area contributed by atoms with Gasteiger partial charge in [0.05, 0.1) is 12.6 Å². The number of para-hydroxylation sites is 1. The van der Waals surface area contributed by atoms with Crippen LogP contribution >= 0.6 is 0 Å². The Morgan fingerprint density at radius 1 is 1.12 bits per heavy atom. The molecule has 1 aromatic carbocycles. The number of rotatable bonds is 7. The number of ether oxygens (including phenoxy) is 1. The highest BCUT2D eigenvalue weighted by molar-refractivity contribution is 5.53. The Kier molecular flexibility index (Phi) is 6.32. The third kappa shape index (κ3) is 4.87. The predicted octanol–water partition coefficient (Wildman–Crippen LogP) is 1.52. The lowest BCUT2D eigenvalue weighted by Crippen LogP contribution is -2.48. The fraction of sp³-hybridized carbons (Fsp3) is 0.500. The van der Waals surface area contributed by atoms with Gasteiger partial charge in [0.25, 0.3) is 0 Å². The van der Waals surface area contributed by atoms with E-state index in [4.69, 9.17) is 10.5 Å². The number of anilines is 3. The van der Waals surface area contributed by atoms with Gasteiger partial charge in [-0.15, -0.1) is 0 Å². The molecule has 0 bridgehead atoms. The van der Waals surface area contributed by atoms with E-state index in [2.05, 4.69) is 37.0 Å². The highest BCUT2D eigenvalue weighted by Crippen LogP contribution is 2.21. The SMILES string of the molecule is COCCN1CCN([C@H](C)c2nc(N)nc(Nc3ccccc3)n2)CC1. The third-order valence-corrected chi connectivity index (χ3v) is 4.64. The Hall–Kier alpha value is -2.29. The van der Waals surface area contributed by atoms with Crippen molar-refractivity contribution in [1.82, 2.24) is 24.8 Å². The van der Waals surface area contributed by atoms with Crippen LogP contribution in [0.4, 0.5) is 17.6 Å². The zero-order chi connectivity index (χ0) is 18.4. The third-order valence-electron chi connectivity index (χ3n) is 4.64. The molecule has 8 nitrogen and oxygen atoms in total. The summed E-state index contributed by atoms with van der Waals surface area (Å²) in [7, 11) is 1.74. The summed E-state index contributed by atoms with van der Waals surface area (Å²) in [6.45, 7) is 7.84. The summed E-state index contributed by atoms with van der Waals surface area (Å²) in [4.78, 5) is 17.9. The summed E-state index contributed by atoms with van der Waals surface area (Å²) in [5, 5.41) is 3.19. The number of benzene rings is 1. The summed E-state index contributed by atoms with van der Waals surface area (Å²) in [5.41, 5.74) is 6.83. The molecule has 1 fully saturated rings. The molecule has 0 amide bonds. The highest BCUT2D eigenvalue weighted by Gasteiger charge is 2.24. The van der Waals surface area contributed by atoms with E-state index >= 15 is 0 Å². The number of aromatic nitrogens is 3. The molecular weight excluding hydrogens is 330 g/mol. The van der Waals surface area contributed by atoms with E-state index < -0.39 is 0 Å². The fourth-order valence-electron chi connectivity index (χ4n) is 3.06. The molecule has 3 N–H and O–H groups in total. The second-order valence-corrected chi connectivity index (χ2v) is 6.41. The van der Waals surface area contributed by atoms with E-state index in [-0.39, 0.29) is 12.0 Å². The van der Waals surface area contributed by atoms with Crippen molar-refractivity contribution in [2.45, 2.75) is 13.0 Å². The lowest BCUT2D eigenvalue weighted by molar-refractivity contribution is 0.0766. The zero-order valence-corrected chi connectivity index (χ0v) is 15.4. The van der Waals surface area contributed by atoms with Gasteiger partial charge in [-0.2, -0.15) is 15.0 Å². The number of nitrogens with zero attached hydrogens (tertiary/aromatic N) is 5. The number of hydrogen-bond donors (Lipinski definition) is 2. The summed E-state index contributed by atoms with van der Waals surface area (Å²) >= 11 is 0. The Balaban J connectivity index is 1.65. The maximum atomic E-state index is 5.91. The van der Waals surface area contributed by atoms with Gasteiger partial charge in [-0.1, -0.05) is 18.2 Å². The van der Waals surface area contributed by atoms with Crippen LogP contribution in [-0.4, -0.2) is 71.2 Å². The molecule has 1 aliphatic heterocycles. The molecule has 0 unspecified atom stereocenters. The smallest absolute Gasteiger partial charge is 0.232 e. The van der Waals surface area contributed by atoms with Gasteiger partial charge < -0.3 is 15.8 Å². The van der Waals surface area contributed by atoms with Crippen LogP contribution in [0, 0.1) is 0 Å². The number of nitrogen functional groups attached to an aromatic ring is 1. The van der Waals surface area contributed by atoms with Gasteiger partial charge in [0.15, 0.2) is 5.82 Å². The molecular formula is C18H27N7O. The molecule has 2 aromatic rings. The van der Waals surface area contributed by atoms with Gasteiger partial charge in [-0.3, -0.25) is 9.80 Å². The van der Waals surface area contributed by atoms with Crippen LogP contribution in [0.25, 0.3) is 0 Å². The second kappa shape index (κ2) is 8.88. The highest BCUT2D eigenvalue weighted by atomic mass is 16.5. The lowest BCUT2D eigenvalue weighted by atomic mass is 10.2. The van der Waals surface area contributed by atoms with Gasteiger partial charge in [0.2, 0.25) is 11.9 Å². The topological polar surface area (TPSA) is 92.4 Å². The number of nitrogens with two attached hydrogens (primary N) is 1. The van der Waals surface area contributed by atoms with Crippen molar-refractivity contribution in [1.29, 1.82) is 0 Å². The molecule has 2 heterocycles. The molecule has 0 saturated carbocycles. The molecule has 26 heavy (non-hydrogen) atoms. The van der Waals surface area contributed by atoms with E-state index in [1.54, 1.807) is 7.11 Å². The first kappa shape index (κ1) is 18.5. The van der Waals surface area contributed by atoms with Gasteiger partial charge in [-0.05, 0) is 19.1 Å². The van der Waals surface area contributed by atoms with Gasteiger partial charge >= 0.3 is 0 Å². The predicted molar refractivity (Wildman–Crippen MR) is 102 cm³/mol. The van der Waals surface area contributed by atoms with Gasteiger partial charge in [-0.25, -0.2) is 0 Å². The van der Waals surface area contributed by atoms with Crippen molar-refractivity contribution in [2.24, 2.45) is 0 Å². The summed E-state index contributed by atoms with van der Waals surface area (Å²) in [6.07, 6.45) is 0. The monoisotopic (exact) mass is 357 g/mol. The lowest BCUT2D eigenvalue weighted by Gasteiger charge is -2.37. The standard InChI is InChI=1S/C18H27N7O/c1-14(25-10-8-24(9-11-25)12-13-26-2)16-21-17(19)23-18(22-16)20-15-6-4-3-5-7-15/h3-7,14H,8-13H2,1-2H3,(H3,19,20,21,22,23)/t14-/m1/s1. The largest absolute Gasteiger partial charge is 0.383 e.